The van der Waals surface area contributed by atoms with E-state index in [-0.39, 0.29) is 18.2 Å². The molecule has 2 rings (SSSR count). The predicted octanol–water partition coefficient (Wildman–Crippen LogP) is 5.50. The van der Waals surface area contributed by atoms with Gasteiger partial charge in [-0.3, -0.25) is 4.79 Å². The van der Waals surface area contributed by atoms with E-state index in [1.54, 1.807) is 25.1 Å². The Morgan fingerprint density at radius 2 is 1.84 bits per heavy atom. The zero-order valence-corrected chi connectivity index (χ0v) is 19.0. The minimum Gasteiger partial charge on any atom is -0.328 e. The highest BCUT2D eigenvalue weighted by Crippen LogP contribution is 2.28. The van der Waals surface area contributed by atoms with Crippen molar-refractivity contribution >= 4 is 23.6 Å². The molecule has 1 heterocycles. The molecule has 1 aromatic carbocycles. The molecule has 0 aliphatic heterocycles. The molecule has 0 radical (unpaired) electrons. The highest BCUT2D eigenvalue weighted by atomic mass is 19.2. The molecule has 170 valence electrons. The number of nitrogens with zero attached hydrogens (tertiary/aromatic N) is 5. The summed E-state index contributed by atoms with van der Waals surface area (Å²) < 4.78 is 31.3. The summed E-state index contributed by atoms with van der Waals surface area (Å²) in [6.45, 7) is 9.52. The van der Waals surface area contributed by atoms with Gasteiger partial charge in [-0.25, -0.2) is 13.5 Å². The van der Waals surface area contributed by atoms with Gasteiger partial charge in [0.25, 0.3) is 5.91 Å². The van der Waals surface area contributed by atoms with Crippen LogP contribution in [-0.2, 0) is 0 Å². The third-order valence-electron chi connectivity index (χ3n) is 5.29. The van der Waals surface area contributed by atoms with Crippen LogP contribution in [0.4, 0.5) is 8.78 Å². The summed E-state index contributed by atoms with van der Waals surface area (Å²) in [5, 5.41) is 17.2. The fourth-order valence-electron chi connectivity index (χ4n) is 3.62. The van der Waals surface area contributed by atoms with Crippen molar-refractivity contribution in [3.05, 3.63) is 52.9 Å². The summed E-state index contributed by atoms with van der Waals surface area (Å²) in [5.74, 6) is -3.13. The van der Waals surface area contributed by atoms with E-state index in [2.05, 4.69) is 30.7 Å². The number of carbonyl (C=O) groups is 1. The number of aromatic nitrogens is 3. The molecule has 1 aromatic heterocycles. The average Bonchev–Trinajstić information content (AvgIpc) is 3.17. The normalized spacial score (nSPS) is 11.5. The first-order chi connectivity index (χ1) is 15.3. The van der Waals surface area contributed by atoms with Gasteiger partial charge >= 0.3 is 0 Å². The quantitative estimate of drug-likeness (QED) is 0.457. The van der Waals surface area contributed by atoms with Crippen molar-refractivity contribution in [2.24, 2.45) is 0 Å². The summed E-state index contributed by atoms with van der Waals surface area (Å²) in [7, 11) is 1.35. The fraction of sp³-hybridized carbons (Fsp3) is 0.417. The van der Waals surface area contributed by atoms with E-state index in [1.807, 2.05) is 4.68 Å². The number of amides is 1. The van der Waals surface area contributed by atoms with Gasteiger partial charge in [-0.1, -0.05) is 44.5 Å². The maximum absolute atomic E-state index is 14.8. The number of halogens is 2. The molecule has 0 N–H and O–H groups in total. The molecule has 0 aliphatic rings. The third-order valence-corrected chi connectivity index (χ3v) is 5.29. The minimum absolute atomic E-state index is 0.0187. The van der Waals surface area contributed by atoms with Crippen molar-refractivity contribution in [1.82, 2.24) is 19.9 Å². The minimum atomic E-state index is -1.25. The highest BCUT2D eigenvalue weighted by molar-refractivity contribution is 5.95. The van der Waals surface area contributed by atoms with Crippen LogP contribution in [0.15, 0.2) is 18.7 Å². The second kappa shape index (κ2) is 11.3. The lowest BCUT2D eigenvalue weighted by Crippen LogP contribution is -2.28. The van der Waals surface area contributed by atoms with Crippen LogP contribution >= 0.6 is 0 Å². The van der Waals surface area contributed by atoms with Crippen molar-refractivity contribution in [1.29, 1.82) is 5.26 Å². The second-order valence-corrected chi connectivity index (χ2v) is 7.68. The number of nitriles is 1. The molecular formula is C24H29F2N5O. The van der Waals surface area contributed by atoms with Gasteiger partial charge in [0.2, 0.25) is 0 Å². The van der Waals surface area contributed by atoms with Gasteiger partial charge in [-0.15, -0.1) is 5.10 Å². The molecule has 8 heteroatoms. The van der Waals surface area contributed by atoms with Crippen LogP contribution in [0.2, 0.25) is 0 Å². The van der Waals surface area contributed by atoms with Crippen LogP contribution in [-0.4, -0.2) is 39.4 Å². The standard InChI is InChI=1S/C24H29F2N5O/c1-6-9-17(10-7-2)31-21(8-3)20(28-29-31)15-16(4)18-11-12-19(23(26)22(18)25)24(32)30(5)14-13-27/h8,11-12,15,17H,3,6-7,9-10,14H2,1-2,4-5H3/b16-15+. The van der Waals surface area contributed by atoms with E-state index < -0.39 is 23.1 Å². The van der Waals surface area contributed by atoms with Gasteiger partial charge in [0.05, 0.1) is 23.4 Å². The zero-order chi connectivity index (χ0) is 23.8. The van der Waals surface area contributed by atoms with Crippen LogP contribution in [0, 0.1) is 23.0 Å². The summed E-state index contributed by atoms with van der Waals surface area (Å²) in [6, 6.07) is 4.58. The Balaban J connectivity index is 2.44. The van der Waals surface area contributed by atoms with Crippen molar-refractivity contribution < 1.29 is 13.6 Å². The number of benzene rings is 1. The van der Waals surface area contributed by atoms with Crippen molar-refractivity contribution in [3.8, 4) is 6.07 Å². The summed E-state index contributed by atoms with van der Waals surface area (Å²) in [5.41, 5.74) is 1.27. The molecule has 0 saturated heterocycles. The molecule has 1 amide bonds. The van der Waals surface area contributed by atoms with Crippen LogP contribution in [0.5, 0.6) is 0 Å². The van der Waals surface area contributed by atoms with E-state index in [1.165, 1.54) is 19.2 Å². The van der Waals surface area contributed by atoms with Gasteiger partial charge < -0.3 is 4.90 Å². The Bertz CT molecular complexity index is 1050. The third kappa shape index (κ3) is 5.28. The molecule has 0 aliphatic carbocycles. The van der Waals surface area contributed by atoms with E-state index in [0.717, 1.165) is 36.3 Å². The molecule has 6 nitrogen and oxygen atoms in total. The number of rotatable bonds is 10. The first-order valence-corrected chi connectivity index (χ1v) is 10.7. The highest BCUT2D eigenvalue weighted by Gasteiger charge is 2.22. The lowest BCUT2D eigenvalue weighted by molar-refractivity contribution is 0.0806. The SMILES string of the molecule is C=Cc1c(/C=C(\C)c2ccc(C(=O)N(C)CC#N)c(F)c2F)nnn1C(CCC)CCC. The molecule has 0 saturated carbocycles. The van der Waals surface area contributed by atoms with Crippen molar-refractivity contribution in [2.45, 2.75) is 52.5 Å². The molecular weight excluding hydrogens is 412 g/mol. The molecule has 32 heavy (non-hydrogen) atoms. The van der Waals surface area contributed by atoms with Crippen molar-refractivity contribution in [2.75, 3.05) is 13.6 Å². The predicted molar refractivity (Wildman–Crippen MR) is 121 cm³/mol. The molecule has 0 atom stereocenters. The van der Waals surface area contributed by atoms with Gasteiger partial charge in [0, 0.05) is 12.6 Å². The molecule has 0 spiro atoms. The van der Waals surface area contributed by atoms with Gasteiger partial charge in [-0.2, -0.15) is 5.26 Å². The lowest BCUT2D eigenvalue weighted by atomic mass is 10.0. The Hall–Kier alpha value is -3.34. The van der Waals surface area contributed by atoms with Crippen LogP contribution in [0.3, 0.4) is 0 Å². The van der Waals surface area contributed by atoms with Crippen LogP contribution < -0.4 is 0 Å². The van der Waals surface area contributed by atoms with E-state index in [9.17, 15) is 13.6 Å². The second-order valence-electron chi connectivity index (χ2n) is 7.68. The fourth-order valence-corrected chi connectivity index (χ4v) is 3.62. The molecule has 0 unspecified atom stereocenters. The Kier molecular flexibility index (Phi) is 8.82. The van der Waals surface area contributed by atoms with Crippen LogP contribution in [0.25, 0.3) is 17.7 Å². The number of hydrogen-bond donors (Lipinski definition) is 0. The number of carbonyl (C=O) groups excluding carboxylic acids is 1. The average molecular weight is 442 g/mol. The summed E-state index contributed by atoms with van der Waals surface area (Å²) in [6.07, 6.45) is 7.22. The van der Waals surface area contributed by atoms with Crippen LogP contribution in [0.1, 0.15) is 79.8 Å². The van der Waals surface area contributed by atoms with Gasteiger partial charge in [0.1, 0.15) is 12.2 Å². The topological polar surface area (TPSA) is 74.8 Å². The Labute approximate surface area is 187 Å². The summed E-state index contributed by atoms with van der Waals surface area (Å²) >= 11 is 0. The first kappa shape index (κ1) is 24.9. The van der Waals surface area contributed by atoms with E-state index >= 15 is 0 Å². The lowest BCUT2D eigenvalue weighted by Gasteiger charge is -2.17. The molecule has 0 bridgehead atoms. The molecule has 2 aromatic rings. The number of hydrogen-bond acceptors (Lipinski definition) is 4. The van der Waals surface area contributed by atoms with Gasteiger partial charge in [0.15, 0.2) is 11.6 Å². The van der Waals surface area contributed by atoms with E-state index in [4.69, 9.17) is 5.26 Å². The molecule has 0 fully saturated rings. The Morgan fingerprint density at radius 1 is 1.25 bits per heavy atom. The summed E-state index contributed by atoms with van der Waals surface area (Å²) in [4.78, 5) is 13.3. The zero-order valence-electron chi connectivity index (χ0n) is 19.0. The Morgan fingerprint density at radius 3 is 2.41 bits per heavy atom. The van der Waals surface area contributed by atoms with Gasteiger partial charge in [-0.05, 0) is 43.6 Å². The number of allylic oxidation sites excluding steroid dienone is 1. The maximum Gasteiger partial charge on any atom is 0.257 e. The monoisotopic (exact) mass is 441 g/mol. The van der Waals surface area contributed by atoms with Crippen molar-refractivity contribution in [3.63, 3.8) is 0 Å². The first-order valence-electron chi connectivity index (χ1n) is 10.7. The largest absolute Gasteiger partial charge is 0.328 e. The smallest absolute Gasteiger partial charge is 0.257 e. The maximum atomic E-state index is 14.8. The van der Waals surface area contributed by atoms with E-state index in [0.29, 0.717) is 11.3 Å².